The first-order valence-corrected chi connectivity index (χ1v) is 3.74. The molecule has 0 aromatic carbocycles. The Kier molecular flexibility index (Phi) is 6.64. The van der Waals surface area contributed by atoms with Crippen LogP contribution in [0.2, 0.25) is 0 Å². The van der Waals surface area contributed by atoms with Crippen LogP contribution in [0.1, 0.15) is 6.42 Å². The van der Waals surface area contributed by atoms with Gasteiger partial charge < -0.3 is 20.3 Å². The van der Waals surface area contributed by atoms with Crippen LogP contribution in [0.4, 0.5) is 0 Å². The van der Waals surface area contributed by atoms with E-state index in [1.165, 1.54) is 7.11 Å². The van der Waals surface area contributed by atoms with Gasteiger partial charge in [0.15, 0.2) is 0 Å². The van der Waals surface area contributed by atoms with Crippen molar-refractivity contribution in [3.8, 4) is 0 Å². The van der Waals surface area contributed by atoms with Gasteiger partial charge in [-0.3, -0.25) is 4.79 Å². The van der Waals surface area contributed by atoms with E-state index in [2.05, 4.69) is 4.74 Å². The van der Waals surface area contributed by atoms with Gasteiger partial charge in [0.1, 0.15) is 12.6 Å². The minimum Gasteiger partial charge on any atom is -0.462 e. The summed E-state index contributed by atoms with van der Waals surface area (Å²) in [6.45, 7) is 0.451. The average Bonchev–Trinajstić information content (AvgIpc) is 2.05. The third-order valence-electron chi connectivity index (χ3n) is 1.27. The Hall–Kier alpha value is -0.650. The van der Waals surface area contributed by atoms with E-state index in [9.17, 15) is 4.79 Å². The molecule has 0 radical (unpaired) electrons. The number of hydrogen-bond acceptors (Lipinski definition) is 5. The molecule has 1 unspecified atom stereocenters. The molecule has 0 fully saturated rings. The van der Waals surface area contributed by atoms with Crippen molar-refractivity contribution < 1.29 is 19.4 Å². The van der Waals surface area contributed by atoms with E-state index in [0.29, 0.717) is 6.61 Å². The first kappa shape index (κ1) is 11.4. The predicted molar refractivity (Wildman–Crippen MR) is 42.5 cm³/mol. The van der Waals surface area contributed by atoms with Crippen molar-refractivity contribution in [2.75, 3.05) is 26.9 Å². The number of carbonyl (C=O) groups is 1. The quantitative estimate of drug-likeness (QED) is 0.397. The molecule has 0 aromatic rings. The number of aliphatic hydroxyl groups is 1. The molecule has 5 heteroatoms. The number of aliphatic hydroxyl groups excluding tert-OH is 1. The normalized spacial score (nSPS) is 12.6. The smallest absolute Gasteiger partial charge is 0.323 e. The zero-order valence-electron chi connectivity index (χ0n) is 7.16. The number of nitrogens with two attached hydrogens (primary N) is 1. The highest BCUT2D eigenvalue weighted by Gasteiger charge is 2.13. The summed E-state index contributed by atoms with van der Waals surface area (Å²) in [7, 11) is 1.52. The van der Waals surface area contributed by atoms with Crippen LogP contribution in [0.5, 0.6) is 0 Å². The predicted octanol–water partition coefficient (Wildman–Crippen LogP) is -1.11. The second-order valence-corrected chi connectivity index (χ2v) is 2.28. The Morgan fingerprint density at radius 2 is 2.25 bits per heavy atom. The van der Waals surface area contributed by atoms with E-state index < -0.39 is 12.0 Å². The molecule has 5 nitrogen and oxygen atoms in total. The van der Waals surface area contributed by atoms with Crippen LogP contribution in [0.25, 0.3) is 0 Å². The van der Waals surface area contributed by atoms with E-state index in [1.54, 1.807) is 0 Å². The van der Waals surface area contributed by atoms with Gasteiger partial charge in [-0.1, -0.05) is 0 Å². The number of ether oxygens (including phenoxy) is 2. The van der Waals surface area contributed by atoms with E-state index in [4.69, 9.17) is 15.6 Å². The zero-order chi connectivity index (χ0) is 9.40. The molecule has 1 atom stereocenters. The lowest BCUT2D eigenvalue weighted by Crippen LogP contribution is -2.33. The second kappa shape index (κ2) is 7.02. The van der Waals surface area contributed by atoms with Crippen molar-refractivity contribution in [1.29, 1.82) is 0 Å². The van der Waals surface area contributed by atoms with E-state index in [1.807, 2.05) is 0 Å². The van der Waals surface area contributed by atoms with Crippen molar-refractivity contribution in [2.24, 2.45) is 5.73 Å². The van der Waals surface area contributed by atoms with Gasteiger partial charge in [0.25, 0.3) is 0 Å². The average molecular weight is 177 g/mol. The maximum atomic E-state index is 10.9. The molecule has 0 bridgehead atoms. The summed E-state index contributed by atoms with van der Waals surface area (Å²) >= 11 is 0. The van der Waals surface area contributed by atoms with E-state index >= 15 is 0 Å². The topological polar surface area (TPSA) is 81.8 Å². The van der Waals surface area contributed by atoms with Gasteiger partial charge in [0.2, 0.25) is 0 Å². The lowest BCUT2D eigenvalue weighted by Gasteiger charge is -2.09. The van der Waals surface area contributed by atoms with Gasteiger partial charge in [-0.2, -0.15) is 0 Å². The second-order valence-electron chi connectivity index (χ2n) is 2.28. The summed E-state index contributed by atoms with van der Waals surface area (Å²) in [4.78, 5) is 10.9. The highest BCUT2D eigenvalue weighted by Crippen LogP contribution is 1.90. The highest BCUT2D eigenvalue weighted by molar-refractivity contribution is 5.75. The van der Waals surface area contributed by atoms with Crippen molar-refractivity contribution in [2.45, 2.75) is 12.5 Å². The molecule has 0 spiro atoms. The largest absolute Gasteiger partial charge is 0.462 e. The highest BCUT2D eigenvalue weighted by atomic mass is 16.6. The van der Waals surface area contributed by atoms with E-state index in [0.717, 1.165) is 0 Å². The monoisotopic (exact) mass is 177 g/mol. The number of methoxy groups -OCH3 is 1. The van der Waals surface area contributed by atoms with Crippen molar-refractivity contribution in [3.63, 3.8) is 0 Å². The zero-order valence-corrected chi connectivity index (χ0v) is 7.16. The molecule has 0 aliphatic heterocycles. The standard InChI is InChI=1S/C7H15NO4/c1-11-4-5-12-7(10)6(8)2-3-9/h6,9H,2-5,8H2,1H3. The van der Waals surface area contributed by atoms with Crippen LogP contribution < -0.4 is 5.73 Å². The summed E-state index contributed by atoms with van der Waals surface area (Å²) < 4.78 is 9.36. The molecule has 0 aliphatic carbocycles. The molecular weight excluding hydrogens is 162 g/mol. The molecular formula is C7H15NO4. The third kappa shape index (κ3) is 5.06. The number of hydrogen-bond donors (Lipinski definition) is 2. The van der Waals surface area contributed by atoms with Crippen LogP contribution in [0, 0.1) is 0 Å². The fourth-order valence-electron chi connectivity index (χ4n) is 0.590. The lowest BCUT2D eigenvalue weighted by molar-refractivity contribution is -0.146. The van der Waals surface area contributed by atoms with Gasteiger partial charge in [-0.05, 0) is 6.42 Å². The molecule has 3 N–H and O–H groups in total. The molecule has 0 heterocycles. The first-order valence-electron chi connectivity index (χ1n) is 3.74. The Bertz CT molecular complexity index is 129. The van der Waals surface area contributed by atoms with E-state index in [-0.39, 0.29) is 19.6 Å². The third-order valence-corrected chi connectivity index (χ3v) is 1.27. The SMILES string of the molecule is COCCOC(=O)C(N)CCO. The minimum atomic E-state index is -0.730. The maximum absolute atomic E-state index is 10.9. The van der Waals surface area contributed by atoms with Crippen molar-refractivity contribution >= 4 is 5.97 Å². The maximum Gasteiger partial charge on any atom is 0.323 e. The first-order chi connectivity index (χ1) is 5.72. The van der Waals surface area contributed by atoms with Crippen molar-refractivity contribution in [1.82, 2.24) is 0 Å². The molecule has 72 valence electrons. The van der Waals surface area contributed by atoms with Gasteiger partial charge in [-0.15, -0.1) is 0 Å². The van der Waals surface area contributed by atoms with Gasteiger partial charge >= 0.3 is 5.97 Å². The Labute approximate surface area is 71.5 Å². The summed E-state index contributed by atoms with van der Waals surface area (Å²) in [5.41, 5.74) is 5.33. The fraction of sp³-hybridized carbons (Fsp3) is 0.857. The minimum absolute atomic E-state index is 0.111. The Balaban J connectivity index is 3.43. The van der Waals surface area contributed by atoms with Crippen LogP contribution in [-0.4, -0.2) is 44.0 Å². The van der Waals surface area contributed by atoms with Gasteiger partial charge in [0, 0.05) is 13.7 Å². The van der Waals surface area contributed by atoms with Crippen molar-refractivity contribution in [3.05, 3.63) is 0 Å². The van der Waals surface area contributed by atoms with Crippen LogP contribution in [0.3, 0.4) is 0 Å². The molecule has 0 rings (SSSR count). The van der Waals surface area contributed by atoms with Gasteiger partial charge in [0.05, 0.1) is 6.61 Å². The molecule has 0 amide bonds. The van der Waals surface area contributed by atoms with Crippen LogP contribution >= 0.6 is 0 Å². The number of esters is 1. The molecule has 0 saturated heterocycles. The van der Waals surface area contributed by atoms with Gasteiger partial charge in [-0.25, -0.2) is 0 Å². The van der Waals surface area contributed by atoms with Crippen LogP contribution in [-0.2, 0) is 14.3 Å². The summed E-state index contributed by atoms with van der Waals surface area (Å²) in [6.07, 6.45) is 0.228. The Morgan fingerprint density at radius 3 is 2.75 bits per heavy atom. The summed E-state index contributed by atoms with van der Waals surface area (Å²) in [6, 6.07) is -0.730. The fourth-order valence-corrected chi connectivity index (χ4v) is 0.590. The summed E-state index contributed by atoms with van der Waals surface area (Å²) in [5.74, 6) is -0.499. The molecule has 0 aliphatic rings. The number of carbonyl (C=O) groups excluding carboxylic acids is 1. The molecule has 12 heavy (non-hydrogen) atoms. The lowest BCUT2D eigenvalue weighted by atomic mass is 10.2. The summed E-state index contributed by atoms with van der Waals surface area (Å²) in [5, 5.41) is 8.44. The van der Waals surface area contributed by atoms with Crippen LogP contribution in [0.15, 0.2) is 0 Å². The number of rotatable bonds is 6. The molecule has 0 saturated carbocycles. The Morgan fingerprint density at radius 1 is 1.58 bits per heavy atom. The molecule has 0 aromatic heterocycles.